The van der Waals surface area contributed by atoms with Crippen LogP contribution in [0.1, 0.15) is 23.0 Å². The molecule has 2 rings (SSSR count). The Bertz CT molecular complexity index is 468. The number of aromatic nitrogens is 1. The summed E-state index contributed by atoms with van der Waals surface area (Å²) in [6, 6.07) is 0. The predicted octanol–water partition coefficient (Wildman–Crippen LogP) is 0.864. The van der Waals surface area contributed by atoms with Gasteiger partial charge in [-0.05, 0) is 12.8 Å². The lowest BCUT2D eigenvalue weighted by atomic mass is 9.99. The summed E-state index contributed by atoms with van der Waals surface area (Å²) in [4.78, 5) is 25.3. The first-order valence-corrected chi connectivity index (χ1v) is 5.83. The number of likely N-dealkylation sites (tertiary alicyclic amines) is 1. The molecule has 0 aromatic carbocycles. The lowest BCUT2D eigenvalue weighted by molar-refractivity contribution is -0.146. The Hall–Kier alpha value is -1.85. The van der Waals surface area contributed by atoms with Crippen molar-refractivity contribution in [3.8, 4) is 0 Å². The van der Waals surface area contributed by atoms with Crippen molar-refractivity contribution in [3.63, 3.8) is 0 Å². The number of esters is 1. The smallest absolute Gasteiger partial charge is 0.310 e. The zero-order chi connectivity index (χ0) is 13.3. The zero-order valence-corrected chi connectivity index (χ0v) is 10.7. The van der Waals surface area contributed by atoms with Crippen molar-refractivity contribution < 1.29 is 18.8 Å². The fourth-order valence-electron chi connectivity index (χ4n) is 2.23. The highest BCUT2D eigenvalue weighted by atomic mass is 16.5. The average Bonchev–Trinajstić information content (AvgIpc) is 2.93. The molecule has 0 N–H and O–H groups in total. The van der Waals surface area contributed by atoms with Crippen LogP contribution in [0.25, 0.3) is 0 Å². The van der Waals surface area contributed by atoms with Gasteiger partial charge in [-0.2, -0.15) is 0 Å². The second-order valence-corrected chi connectivity index (χ2v) is 4.66. The van der Waals surface area contributed by atoms with Crippen molar-refractivity contribution in [3.05, 3.63) is 17.5 Å². The number of hydrogen-bond acceptors (Lipinski definition) is 5. The number of ether oxygens (including phenoxy) is 1. The summed E-state index contributed by atoms with van der Waals surface area (Å²) in [6.07, 6.45) is 1.50. The number of aryl methyl sites for hydroxylation is 1. The van der Waals surface area contributed by atoms with E-state index in [-0.39, 0.29) is 29.5 Å². The summed E-state index contributed by atoms with van der Waals surface area (Å²) in [5.74, 6) is -0.421. The van der Waals surface area contributed by atoms with Crippen molar-refractivity contribution in [1.82, 2.24) is 10.1 Å². The van der Waals surface area contributed by atoms with Crippen molar-refractivity contribution in [1.29, 1.82) is 0 Å². The number of nitrogens with zero attached hydrogens (tertiary/aromatic N) is 2. The van der Waals surface area contributed by atoms with Gasteiger partial charge in [0.1, 0.15) is 0 Å². The van der Waals surface area contributed by atoms with Crippen LogP contribution in [-0.4, -0.2) is 42.1 Å². The molecule has 0 spiro atoms. The van der Waals surface area contributed by atoms with Gasteiger partial charge < -0.3 is 14.2 Å². The van der Waals surface area contributed by atoms with Crippen molar-refractivity contribution >= 4 is 11.9 Å². The Kier molecular flexibility index (Phi) is 3.36. The molecule has 1 aliphatic rings. The molecule has 1 fully saturated rings. The van der Waals surface area contributed by atoms with E-state index in [1.807, 2.05) is 6.92 Å². The van der Waals surface area contributed by atoms with Gasteiger partial charge in [0.25, 0.3) is 5.91 Å². The molecule has 0 saturated carbocycles. The molecular formula is C12H16N2O4. The topological polar surface area (TPSA) is 72.6 Å². The van der Waals surface area contributed by atoms with Crippen LogP contribution in [0.4, 0.5) is 0 Å². The van der Waals surface area contributed by atoms with Crippen LogP contribution >= 0.6 is 0 Å². The molecular weight excluding hydrogens is 236 g/mol. The Labute approximate surface area is 105 Å². The van der Waals surface area contributed by atoms with Crippen molar-refractivity contribution in [2.24, 2.45) is 11.8 Å². The van der Waals surface area contributed by atoms with Gasteiger partial charge in [0.05, 0.1) is 19.2 Å². The second kappa shape index (κ2) is 4.80. The number of carbonyl (C=O) groups is 2. The molecule has 1 amide bonds. The zero-order valence-electron chi connectivity index (χ0n) is 10.7. The normalized spacial score (nSPS) is 23.2. The van der Waals surface area contributed by atoms with Crippen LogP contribution in [0.5, 0.6) is 0 Å². The number of rotatable bonds is 2. The molecule has 0 aliphatic carbocycles. The Morgan fingerprint density at radius 3 is 2.78 bits per heavy atom. The van der Waals surface area contributed by atoms with E-state index >= 15 is 0 Å². The molecule has 0 radical (unpaired) electrons. The Morgan fingerprint density at radius 1 is 1.50 bits per heavy atom. The highest BCUT2D eigenvalue weighted by Crippen LogP contribution is 2.26. The third kappa shape index (κ3) is 2.10. The Balaban J connectivity index is 2.11. The quantitative estimate of drug-likeness (QED) is 0.730. The van der Waals surface area contributed by atoms with E-state index in [4.69, 9.17) is 9.26 Å². The molecule has 2 atom stereocenters. The summed E-state index contributed by atoms with van der Waals surface area (Å²) in [6.45, 7) is 4.59. The molecule has 98 valence electrons. The van der Waals surface area contributed by atoms with E-state index in [1.165, 1.54) is 13.3 Å². The minimum absolute atomic E-state index is 0.0876. The standard InChI is InChI=1S/C12H16N2O4/c1-7-4-13-18-10(7)11(15)14-5-8(2)9(6-14)12(16)17-3/h4,8-9H,5-6H2,1-3H3. The first-order valence-electron chi connectivity index (χ1n) is 5.83. The van der Waals surface area contributed by atoms with Crippen LogP contribution in [0.15, 0.2) is 10.7 Å². The van der Waals surface area contributed by atoms with Gasteiger partial charge in [-0.1, -0.05) is 12.1 Å². The summed E-state index contributed by atoms with van der Waals surface area (Å²) >= 11 is 0. The van der Waals surface area contributed by atoms with Crippen LogP contribution in [0, 0.1) is 18.8 Å². The summed E-state index contributed by atoms with van der Waals surface area (Å²) in [5, 5.41) is 3.59. The van der Waals surface area contributed by atoms with Gasteiger partial charge in [-0.3, -0.25) is 9.59 Å². The fraction of sp³-hybridized carbons (Fsp3) is 0.583. The molecule has 1 aliphatic heterocycles. The van der Waals surface area contributed by atoms with E-state index in [0.717, 1.165) is 0 Å². The highest BCUT2D eigenvalue weighted by molar-refractivity contribution is 5.93. The van der Waals surface area contributed by atoms with Gasteiger partial charge in [0.15, 0.2) is 0 Å². The van der Waals surface area contributed by atoms with Gasteiger partial charge in [-0.15, -0.1) is 0 Å². The predicted molar refractivity (Wildman–Crippen MR) is 61.8 cm³/mol. The van der Waals surface area contributed by atoms with E-state index in [2.05, 4.69) is 5.16 Å². The molecule has 1 aromatic heterocycles. The van der Waals surface area contributed by atoms with Crippen molar-refractivity contribution in [2.75, 3.05) is 20.2 Å². The van der Waals surface area contributed by atoms with Gasteiger partial charge in [-0.25, -0.2) is 0 Å². The number of hydrogen-bond donors (Lipinski definition) is 0. The summed E-state index contributed by atoms with van der Waals surface area (Å²) in [7, 11) is 1.36. The van der Waals surface area contributed by atoms with Crippen LogP contribution in [0.3, 0.4) is 0 Å². The Morgan fingerprint density at radius 2 is 2.22 bits per heavy atom. The number of carbonyl (C=O) groups excluding carboxylic acids is 2. The number of methoxy groups -OCH3 is 1. The molecule has 2 unspecified atom stereocenters. The molecule has 18 heavy (non-hydrogen) atoms. The van der Waals surface area contributed by atoms with Crippen LogP contribution < -0.4 is 0 Å². The van der Waals surface area contributed by atoms with E-state index in [1.54, 1.807) is 11.8 Å². The van der Waals surface area contributed by atoms with Gasteiger partial charge in [0, 0.05) is 18.7 Å². The maximum atomic E-state index is 12.2. The molecule has 0 bridgehead atoms. The molecule has 2 heterocycles. The van der Waals surface area contributed by atoms with E-state index in [0.29, 0.717) is 18.7 Å². The maximum Gasteiger partial charge on any atom is 0.310 e. The monoisotopic (exact) mass is 252 g/mol. The lowest BCUT2D eigenvalue weighted by Gasteiger charge is -2.14. The van der Waals surface area contributed by atoms with E-state index in [9.17, 15) is 9.59 Å². The summed E-state index contributed by atoms with van der Waals surface area (Å²) < 4.78 is 9.67. The second-order valence-electron chi connectivity index (χ2n) is 4.66. The van der Waals surface area contributed by atoms with Crippen molar-refractivity contribution in [2.45, 2.75) is 13.8 Å². The molecule has 6 nitrogen and oxygen atoms in total. The first kappa shape index (κ1) is 12.6. The first-order chi connectivity index (χ1) is 8.54. The fourth-order valence-corrected chi connectivity index (χ4v) is 2.23. The summed E-state index contributed by atoms with van der Waals surface area (Å²) in [5.41, 5.74) is 0.703. The average molecular weight is 252 g/mol. The third-order valence-electron chi connectivity index (χ3n) is 3.35. The number of amides is 1. The van der Waals surface area contributed by atoms with Crippen LogP contribution in [-0.2, 0) is 9.53 Å². The van der Waals surface area contributed by atoms with Gasteiger partial charge >= 0.3 is 5.97 Å². The van der Waals surface area contributed by atoms with Gasteiger partial charge in [0.2, 0.25) is 5.76 Å². The molecule has 1 saturated heterocycles. The minimum Gasteiger partial charge on any atom is -0.469 e. The third-order valence-corrected chi connectivity index (χ3v) is 3.35. The molecule has 1 aromatic rings. The van der Waals surface area contributed by atoms with E-state index < -0.39 is 0 Å². The minimum atomic E-state index is -0.271. The molecule has 6 heteroatoms. The largest absolute Gasteiger partial charge is 0.469 e. The lowest BCUT2D eigenvalue weighted by Crippen LogP contribution is -2.30. The SMILES string of the molecule is COC(=O)C1CN(C(=O)c2oncc2C)CC1C. The maximum absolute atomic E-state index is 12.2. The van der Waals surface area contributed by atoms with Crippen LogP contribution in [0.2, 0.25) is 0 Å². The highest BCUT2D eigenvalue weighted by Gasteiger charge is 2.39.